The quantitative estimate of drug-likeness (QED) is 0.512. The van der Waals surface area contributed by atoms with Gasteiger partial charge in [0, 0.05) is 13.1 Å². The molecule has 11 heavy (non-hydrogen) atoms. The summed E-state index contributed by atoms with van der Waals surface area (Å²) in [5.74, 6) is 0. The lowest BCUT2D eigenvalue weighted by Crippen LogP contribution is -2.35. The maximum absolute atomic E-state index is 5.43. The number of hydrogen-bond acceptors (Lipinski definition) is 3. The van der Waals surface area contributed by atoms with Crippen LogP contribution < -0.4 is 10.6 Å². The van der Waals surface area contributed by atoms with Gasteiger partial charge in [0.1, 0.15) is 0 Å². The van der Waals surface area contributed by atoms with Crippen LogP contribution in [0.4, 0.5) is 0 Å². The fraction of sp³-hybridized carbons (Fsp3) is 0.750. The SMILES string of the molecule is C=CCOC(CNC)CNC. The number of ether oxygens (including phenoxy) is 1. The largest absolute Gasteiger partial charge is 0.372 e. The first-order chi connectivity index (χ1) is 5.35. The summed E-state index contributed by atoms with van der Waals surface area (Å²) >= 11 is 0. The van der Waals surface area contributed by atoms with Gasteiger partial charge in [0.05, 0.1) is 12.7 Å². The highest BCUT2D eigenvalue weighted by Gasteiger charge is 2.04. The molecule has 0 spiro atoms. The van der Waals surface area contributed by atoms with E-state index in [2.05, 4.69) is 17.2 Å². The molecule has 0 saturated heterocycles. The Hall–Kier alpha value is -0.380. The normalized spacial score (nSPS) is 10.5. The minimum atomic E-state index is 0.239. The second kappa shape index (κ2) is 7.72. The molecule has 0 aromatic rings. The van der Waals surface area contributed by atoms with E-state index >= 15 is 0 Å². The van der Waals surface area contributed by atoms with Gasteiger partial charge in [-0.05, 0) is 14.1 Å². The summed E-state index contributed by atoms with van der Waals surface area (Å²) in [5.41, 5.74) is 0. The smallest absolute Gasteiger partial charge is 0.0827 e. The van der Waals surface area contributed by atoms with E-state index in [0.717, 1.165) is 13.1 Å². The lowest BCUT2D eigenvalue weighted by Gasteiger charge is -2.15. The monoisotopic (exact) mass is 158 g/mol. The molecule has 0 aliphatic rings. The van der Waals surface area contributed by atoms with Gasteiger partial charge >= 0.3 is 0 Å². The van der Waals surface area contributed by atoms with Crippen molar-refractivity contribution in [2.24, 2.45) is 0 Å². The van der Waals surface area contributed by atoms with Crippen molar-refractivity contribution in [2.75, 3.05) is 33.8 Å². The van der Waals surface area contributed by atoms with Gasteiger partial charge in [-0.2, -0.15) is 0 Å². The van der Waals surface area contributed by atoms with Gasteiger partial charge in [-0.15, -0.1) is 6.58 Å². The molecular weight excluding hydrogens is 140 g/mol. The molecule has 0 unspecified atom stereocenters. The van der Waals surface area contributed by atoms with Gasteiger partial charge in [-0.1, -0.05) is 6.08 Å². The van der Waals surface area contributed by atoms with Crippen molar-refractivity contribution < 1.29 is 4.74 Å². The number of nitrogens with one attached hydrogen (secondary N) is 2. The maximum Gasteiger partial charge on any atom is 0.0827 e. The molecule has 0 bridgehead atoms. The van der Waals surface area contributed by atoms with Gasteiger partial charge < -0.3 is 15.4 Å². The second-order valence-electron chi connectivity index (χ2n) is 2.36. The van der Waals surface area contributed by atoms with E-state index in [1.165, 1.54) is 0 Å². The average molecular weight is 158 g/mol. The van der Waals surface area contributed by atoms with Crippen LogP contribution in [-0.2, 0) is 4.74 Å². The van der Waals surface area contributed by atoms with Crippen molar-refractivity contribution in [3.05, 3.63) is 12.7 Å². The second-order valence-corrected chi connectivity index (χ2v) is 2.36. The third kappa shape index (κ3) is 6.04. The third-order valence-electron chi connectivity index (χ3n) is 1.31. The number of rotatable bonds is 7. The van der Waals surface area contributed by atoms with E-state index < -0.39 is 0 Å². The molecule has 3 nitrogen and oxygen atoms in total. The Morgan fingerprint density at radius 2 is 1.91 bits per heavy atom. The Labute approximate surface area is 68.8 Å². The fourth-order valence-electron chi connectivity index (χ4n) is 0.849. The molecule has 2 N–H and O–H groups in total. The summed E-state index contributed by atoms with van der Waals surface area (Å²) in [6, 6.07) is 0. The van der Waals surface area contributed by atoms with Crippen LogP contribution in [0, 0.1) is 0 Å². The Kier molecular flexibility index (Phi) is 7.46. The summed E-state index contributed by atoms with van der Waals surface area (Å²) < 4.78 is 5.43. The first kappa shape index (κ1) is 10.6. The van der Waals surface area contributed by atoms with Crippen LogP contribution in [0.15, 0.2) is 12.7 Å². The van der Waals surface area contributed by atoms with E-state index in [9.17, 15) is 0 Å². The first-order valence-electron chi connectivity index (χ1n) is 3.86. The highest BCUT2D eigenvalue weighted by molar-refractivity contribution is 4.69. The molecule has 0 aromatic carbocycles. The highest BCUT2D eigenvalue weighted by Crippen LogP contribution is 1.88. The van der Waals surface area contributed by atoms with Gasteiger partial charge in [0.15, 0.2) is 0 Å². The van der Waals surface area contributed by atoms with E-state index in [-0.39, 0.29) is 6.10 Å². The minimum absolute atomic E-state index is 0.239. The minimum Gasteiger partial charge on any atom is -0.372 e. The molecule has 0 aliphatic carbocycles. The summed E-state index contributed by atoms with van der Waals surface area (Å²) in [4.78, 5) is 0. The summed E-state index contributed by atoms with van der Waals surface area (Å²) in [6.07, 6.45) is 2.00. The van der Waals surface area contributed by atoms with Crippen LogP contribution in [0.3, 0.4) is 0 Å². The third-order valence-corrected chi connectivity index (χ3v) is 1.31. The highest BCUT2D eigenvalue weighted by atomic mass is 16.5. The van der Waals surface area contributed by atoms with Crippen molar-refractivity contribution in [2.45, 2.75) is 6.10 Å². The van der Waals surface area contributed by atoms with Crippen molar-refractivity contribution in [1.82, 2.24) is 10.6 Å². The Morgan fingerprint density at radius 1 is 1.36 bits per heavy atom. The van der Waals surface area contributed by atoms with Gasteiger partial charge in [0.25, 0.3) is 0 Å². The van der Waals surface area contributed by atoms with E-state index in [1.807, 2.05) is 14.1 Å². The molecule has 3 heteroatoms. The van der Waals surface area contributed by atoms with E-state index in [0.29, 0.717) is 6.61 Å². The Bertz CT molecular complexity index is 90.1. The zero-order valence-corrected chi connectivity index (χ0v) is 7.39. The molecule has 0 heterocycles. The zero-order valence-electron chi connectivity index (χ0n) is 7.39. The van der Waals surface area contributed by atoms with Crippen molar-refractivity contribution in [3.8, 4) is 0 Å². The van der Waals surface area contributed by atoms with Crippen LogP contribution in [0.25, 0.3) is 0 Å². The predicted octanol–water partition coefficient (Wildman–Crippen LogP) is -0.00360. The fourth-order valence-corrected chi connectivity index (χ4v) is 0.849. The molecular formula is C8H18N2O. The molecule has 0 saturated carbocycles. The van der Waals surface area contributed by atoms with E-state index in [1.54, 1.807) is 6.08 Å². The van der Waals surface area contributed by atoms with Crippen molar-refractivity contribution in [3.63, 3.8) is 0 Å². The van der Waals surface area contributed by atoms with Gasteiger partial charge in [-0.3, -0.25) is 0 Å². The molecule has 0 aliphatic heterocycles. The molecule has 66 valence electrons. The topological polar surface area (TPSA) is 33.3 Å². The predicted molar refractivity (Wildman–Crippen MR) is 47.8 cm³/mol. The molecule has 0 fully saturated rings. The lowest BCUT2D eigenvalue weighted by molar-refractivity contribution is 0.0767. The molecule has 0 atom stereocenters. The number of likely N-dealkylation sites (N-methyl/N-ethyl adjacent to an activating group) is 2. The Balaban J connectivity index is 3.41. The summed E-state index contributed by atoms with van der Waals surface area (Å²) in [5, 5.41) is 6.12. The van der Waals surface area contributed by atoms with Crippen molar-refractivity contribution >= 4 is 0 Å². The lowest BCUT2D eigenvalue weighted by atomic mass is 10.3. The molecule has 0 radical (unpaired) electrons. The van der Waals surface area contributed by atoms with Crippen LogP contribution in [-0.4, -0.2) is 39.9 Å². The molecule has 0 rings (SSSR count). The van der Waals surface area contributed by atoms with Crippen LogP contribution >= 0.6 is 0 Å². The molecule has 0 amide bonds. The summed E-state index contributed by atoms with van der Waals surface area (Å²) in [7, 11) is 3.83. The average Bonchev–Trinajstić information content (AvgIpc) is 2.01. The van der Waals surface area contributed by atoms with Crippen molar-refractivity contribution in [1.29, 1.82) is 0 Å². The summed E-state index contributed by atoms with van der Waals surface area (Å²) in [6.45, 7) is 5.95. The molecule has 0 aromatic heterocycles. The van der Waals surface area contributed by atoms with Crippen LogP contribution in [0.5, 0.6) is 0 Å². The van der Waals surface area contributed by atoms with E-state index in [4.69, 9.17) is 4.74 Å². The van der Waals surface area contributed by atoms with Gasteiger partial charge in [0.2, 0.25) is 0 Å². The van der Waals surface area contributed by atoms with Gasteiger partial charge in [-0.25, -0.2) is 0 Å². The maximum atomic E-state index is 5.43. The Morgan fingerprint density at radius 3 is 2.27 bits per heavy atom. The van der Waals surface area contributed by atoms with Crippen LogP contribution in [0.1, 0.15) is 0 Å². The van der Waals surface area contributed by atoms with Crippen LogP contribution in [0.2, 0.25) is 0 Å². The standard InChI is InChI=1S/C8H18N2O/c1-4-5-11-8(6-9-2)7-10-3/h4,8-10H,1,5-7H2,2-3H3. The zero-order chi connectivity index (χ0) is 8.53. The number of hydrogen-bond donors (Lipinski definition) is 2. The first-order valence-corrected chi connectivity index (χ1v) is 3.86.